The summed E-state index contributed by atoms with van der Waals surface area (Å²) < 4.78 is 10.7. The number of methoxy groups -OCH3 is 1. The van der Waals surface area contributed by atoms with Crippen LogP contribution in [0.1, 0.15) is 84.0 Å². The highest BCUT2D eigenvalue weighted by atomic mass is 16.5. The molecule has 0 bridgehead atoms. The first-order valence-corrected chi connectivity index (χ1v) is 9.17. The first kappa shape index (κ1) is 19.2. The molecule has 2 atom stereocenters. The molecule has 3 nitrogen and oxygen atoms in total. The van der Waals surface area contributed by atoms with Crippen LogP contribution < -0.4 is 0 Å². The quantitative estimate of drug-likeness (QED) is 0.267. The monoisotopic (exact) mass is 310 g/mol. The van der Waals surface area contributed by atoms with Crippen LogP contribution in [0.4, 0.5) is 0 Å². The van der Waals surface area contributed by atoms with Gasteiger partial charge >= 0.3 is 5.97 Å². The first-order valence-electron chi connectivity index (χ1n) is 9.17. The van der Waals surface area contributed by atoms with Crippen LogP contribution in [-0.2, 0) is 14.3 Å². The summed E-state index contributed by atoms with van der Waals surface area (Å²) in [7, 11) is 1.45. The van der Waals surface area contributed by atoms with Gasteiger partial charge in [0.2, 0.25) is 0 Å². The molecule has 3 heteroatoms. The number of hydrogen-bond acceptors (Lipinski definition) is 3. The number of hydrogen-bond donors (Lipinski definition) is 0. The first-order chi connectivity index (χ1) is 10.8. The van der Waals surface area contributed by atoms with Gasteiger partial charge in [0.15, 0.2) is 0 Å². The molecule has 1 rings (SSSR count). The molecule has 1 heterocycles. The Morgan fingerprint density at radius 2 is 1.45 bits per heavy atom. The maximum Gasteiger partial charge on any atom is 0.305 e. The maximum atomic E-state index is 11.0. The average Bonchev–Trinajstić information content (AvgIpc) is 2.98. The Morgan fingerprint density at radius 1 is 0.909 bits per heavy atom. The lowest BCUT2D eigenvalue weighted by atomic mass is 10.1. The fourth-order valence-corrected chi connectivity index (χ4v) is 2.91. The van der Waals surface area contributed by atoms with Crippen LogP contribution >= 0.6 is 0 Å². The molecule has 1 aliphatic rings. The van der Waals surface area contributed by atoms with E-state index in [1.165, 1.54) is 58.5 Å². The predicted octanol–water partition coefficient (Wildman–Crippen LogP) is 5.18. The summed E-state index contributed by atoms with van der Waals surface area (Å²) >= 11 is 0. The summed E-state index contributed by atoms with van der Waals surface area (Å²) in [5.74, 6) is -0.0885. The zero-order valence-corrected chi connectivity index (χ0v) is 14.5. The van der Waals surface area contributed by atoms with Crippen LogP contribution in [0.15, 0.2) is 12.2 Å². The van der Waals surface area contributed by atoms with E-state index in [0.717, 1.165) is 19.3 Å². The number of ether oxygens (including phenoxy) is 2. The zero-order valence-electron chi connectivity index (χ0n) is 14.5. The van der Waals surface area contributed by atoms with E-state index < -0.39 is 0 Å². The van der Waals surface area contributed by atoms with Crippen molar-refractivity contribution < 1.29 is 14.3 Å². The van der Waals surface area contributed by atoms with E-state index in [9.17, 15) is 4.79 Å². The molecule has 0 radical (unpaired) electrons. The van der Waals surface area contributed by atoms with E-state index in [1.54, 1.807) is 0 Å². The van der Waals surface area contributed by atoms with Gasteiger partial charge in [-0.2, -0.15) is 0 Å². The SMILES string of the molecule is CCCCCCC1C=CC(CCCCCCCC(=O)OC)O1. The lowest BCUT2D eigenvalue weighted by molar-refractivity contribution is -0.140. The van der Waals surface area contributed by atoms with Gasteiger partial charge in [0.05, 0.1) is 19.3 Å². The summed E-state index contributed by atoms with van der Waals surface area (Å²) in [6.07, 6.45) is 19.1. The molecular weight excluding hydrogens is 276 g/mol. The molecule has 2 unspecified atom stereocenters. The lowest BCUT2D eigenvalue weighted by Gasteiger charge is -2.14. The third-order valence-electron chi connectivity index (χ3n) is 4.33. The van der Waals surface area contributed by atoms with Crippen LogP contribution in [0.3, 0.4) is 0 Å². The van der Waals surface area contributed by atoms with Crippen LogP contribution in [0.25, 0.3) is 0 Å². The molecule has 0 aromatic rings. The Balaban J connectivity index is 1.90. The topological polar surface area (TPSA) is 35.5 Å². The Labute approximate surface area is 136 Å². The fraction of sp³-hybridized carbons (Fsp3) is 0.842. The normalized spacial score (nSPS) is 20.5. The average molecular weight is 310 g/mol. The van der Waals surface area contributed by atoms with E-state index in [2.05, 4.69) is 23.8 Å². The Bertz CT molecular complexity index is 312. The Hall–Kier alpha value is -0.830. The Kier molecular flexibility index (Phi) is 11.1. The second-order valence-corrected chi connectivity index (χ2v) is 6.33. The molecule has 0 spiro atoms. The third kappa shape index (κ3) is 9.24. The molecule has 0 aliphatic carbocycles. The van der Waals surface area contributed by atoms with Gasteiger partial charge in [0, 0.05) is 6.42 Å². The van der Waals surface area contributed by atoms with Gasteiger partial charge in [-0.15, -0.1) is 0 Å². The molecule has 0 aromatic carbocycles. The van der Waals surface area contributed by atoms with Crippen molar-refractivity contribution in [3.63, 3.8) is 0 Å². The van der Waals surface area contributed by atoms with E-state index >= 15 is 0 Å². The molecule has 1 aliphatic heterocycles. The van der Waals surface area contributed by atoms with Gasteiger partial charge in [-0.3, -0.25) is 4.79 Å². The van der Waals surface area contributed by atoms with Crippen molar-refractivity contribution in [3.05, 3.63) is 12.2 Å². The van der Waals surface area contributed by atoms with Crippen molar-refractivity contribution in [2.75, 3.05) is 7.11 Å². The zero-order chi connectivity index (χ0) is 16.0. The standard InChI is InChI=1S/C19H34O3/c1-3-4-5-9-12-17-15-16-18(22-17)13-10-7-6-8-11-14-19(20)21-2/h15-18H,3-14H2,1-2H3. The highest BCUT2D eigenvalue weighted by Gasteiger charge is 2.17. The number of esters is 1. The fourth-order valence-electron chi connectivity index (χ4n) is 2.91. The molecule has 0 N–H and O–H groups in total. The van der Waals surface area contributed by atoms with Crippen LogP contribution in [-0.4, -0.2) is 25.3 Å². The summed E-state index contributed by atoms with van der Waals surface area (Å²) in [6.45, 7) is 2.25. The summed E-state index contributed by atoms with van der Waals surface area (Å²) in [5, 5.41) is 0. The molecule has 0 saturated carbocycles. The van der Waals surface area contributed by atoms with E-state index in [0.29, 0.717) is 18.6 Å². The largest absolute Gasteiger partial charge is 0.469 e. The molecule has 22 heavy (non-hydrogen) atoms. The summed E-state index contributed by atoms with van der Waals surface area (Å²) in [4.78, 5) is 11.0. The minimum Gasteiger partial charge on any atom is -0.469 e. The second-order valence-electron chi connectivity index (χ2n) is 6.33. The summed E-state index contributed by atoms with van der Waals surface area (Å²) in [6, 6.07) is 0. The van der Waals surface area contributed by atoms with Crippen molar-refractivity contribution >= 4 is 5.97 Å². The number of unbranched alkanes of at least 4 members (excludes halogenated alkanes) is 7. The van der Waals surface area contributed by atoms with Crippen molar-refractivity contribution in [1.29, 1.82) is 0 Å². The van der Waals surface area contributed by atoms with Crippen LogP contribution in [0.2, 0.25) is 0 Å². The highest BCUT2D eigenvalue weighted by Crippen LogP contribution is 2.21. The smallest absolute Gasteiger partial charge is 0.305 e. The van der Waals surface area contributed by atoms with Gasteiger partial charge in [-0.25, -0.2) is 0 Å². The minimum absolute atomic E-state index is 0.0885. The van der Waals surface area contributed by atoms with Crippen molar-refractivity contribution in [2.45, 2.75) is 96.2 Å². The van der Waals surface area contributed by atoms with Crippen molar-refractivity contribution in [1.82, 2.24) is 0 Å². The van der Waals surface area contributed by atoms with Crippen molar-refractivity contribution in [2.24, 2.45) is 0 Å². The lowest BCUT2D eigenvalue weighted by Crippen LogP contribution is -2.12. The molecule has 0 fully saturated rings. The van der Waals surface area contributed by atoms with Gasteiger partial charge in [-0.05, 0) is 19.3 Å². The van der Waals surface area contributed by atoms with Crippen LogP contribution in [0.5, 0.6) is 0 Å². The van der Waals surface area contributed by atoms with Gasteiger partial charge in [0.1, 0.15) is 0 Å². The van der Waals surface area contributed by atoms with Crippen molar-refractivity contribution in [3.8, 4) is 0 Å². The van der Waals surface area contributed by atoms with E-state index in [1.807, 2.05) is 0 Å². The number of carbonyl (C=O) groups excluding carboxylic acids is 1. The van der Waals surface area contributed by atoms with E-state index in [-0.39, 0.29) is 5.97 Å². The van der Waals surface area contributed by atoms with E-state index in [4.69, 9.17) is 4.74 Å². The van der Waals surface area contributed by atoms with Gasteiger partial charge in [-0.1, -0.05) is 70.4 Å². The van der Waals surface area contributed by atoms with Gasteiger partial charge < -0.3 is 9.47 Å². The number of carbonyl (C=O) groups is 1. The second kappa shape index (κ2) is 12.7. The molecule has 128 valence electrons. The summed E-state index contributed by atoms with van der Waals surface area (Å²) in [5.41, 5.74) is 0. The molecule has 0 saturated heterocycles. The van der Waals surface area contributed by atoms with Gasteiger partial charge in [0.25, 0.3) is 0 Å². The predicted molar refractivity (Wildman–Crippen MR) is 90.9 cm³/mol. The molecule has 0 aromatic heterocycles. The minimum atomic E-state index is -0.0885. The molecule has 0 amide bonds. The highest BCUT2D eigenvalue weighted by molar-refractivity contribution is 5.68. The molecular formula is C19H34O3. The Morgan fingerprint density at radius 3 is 2.05 bits per heavy atom. The third-order valence-corrected chi connectivity index (χ3v) is 4.33. The number of rotatable bonds is 13. The van der Waals surface area contributed by atoms with Crippen LogP contribution in [0, 0.1) is 0 Å². The maximum absolute atomic E-state index is 11.0.